The summed E-state index contributed by atoms with van der Waals surface area (Å²) in [6, 6.07) is 9.14. The maximum Gasteiger partial charge on any atom is 0.0130 e. The van der Waals surface area contributed by atoms with Crippen molar-refractivity contribution in [3.05, 3.63) is 33.4 Å². The zero-order valence-electron chi connectivity index (χ0n) is 13.0. The van der Waals surface area contributed by atoms with E-state index in [0.717, 1.165) is 12.3 Å². The summed E-state index contributed by atoms with van der Waals surface area (Å²) >= 11 is 2.35. The number of hydrogen-bond donors (Lipinski definition) is 1. The molecule has 1 atom stereocenters. The van der Waals surface area contributed by atoms with E-state index in [-0.39, 0.29) is 0 Å². The van der Waals surface area contributed by atoms with Gasteiger partial charge in [0.2, 0.25) is 0 Å². The largest absolute Gasteiger partial charge is 0.327 e. The van der Waals surface area contributed by atoms with Gasteiger partial charge >= 0.3 is 0 Å². The van der Waals surface area contributed by atoms with E-state index < -0.39 is 0 Å². The van der Waals surface area contributed by atoms with Crippen LogP contribution in [-0.2, 0) is 6.42 Å². The molecule has 2 heteroatoms. The summed E-state index contributed by atoms with van der Waals surface area (Å²) in [4.78, 5) is 0. The molecular weight excluding hydrogens is 357 g/mol. The van der Waals surface area contributed by atoms with Crippen LogP contribution in [0.2, 0.25) is 0 Å². The van der Waals surface area contributed by atoms with Gasteiger partial charge in [0.15, 0.2) is 0 Å². The predicted molar refractivity (Wildman–Crippen MR) is 95.7 cm³/mol. The van der Waals surface area contributed by atoms with Crippen molar-refractivity contribution in [3.8, 4) is 0 Å². The molecule has 1 aromatic carbocycles. The lowest BCUT2D eigenvalue weighted by molar-refractivity contribution is 0.139. The maximum atomic E-state index is 6.47. The van der Waals surface area contributed by atoms with Crippen molar-refractivity contribution in [3.63, 3.8) is 0 Å². The molecule has 1 aliphatic carbocycles. The van der Waals surface area contributed by atoms with Crippen LogP contribution in [-0.4, -0.2) is 6.04 Å². The first-order valence-corrected chi connectivity index (χ1v) is 8.94. The monoisotopic (exact) mass is 385 g/mol. The van der Waals surface area contributed by atoms with Gasteiger partial charge in [0.05, 0.1) is 0 Å². The Kier molecular flexibility index (Phi) is 5.52. The van der Waals surface area contributed by atoms with E-state index in [1.165, 1.54) is 34.8 Å². The normalized spacial score (nSPS) is 25.4. The summed E-state index contributed by atoms with van der Waals surface area (Å²) in [5, 5.41) is 0. The van der Waals surface area contributed by atoms with Gasteiger partial charge in [0.25, 0.3) is 0 Å². The molecule has 1 nitrogen and oxygen atoms in total. The first kappa shape index (κ1) is 16.3. The summed E-state index contributed by atoms with van der Waals surface area (Å²) in [6.07, 6.45) is 6.37. The van der Waals surface area contributed by atoms with Crippen molar-refractivity contribution in [2.75, 3.05) is 0 Å². The molecule has 0 heterocycles. The number of nitrogens with two attached hydrogens (primary N) is 1. The molecule has 0 amide bonds. The van der Waals surface area contributed by atoms with Crippen LogP contribution in [0.1, 0.15) is 52.0 Å². The second-order valence-corrected chi connectivity index (χ2v) is 8.72. The Morgan fingerprint density at radius 3 is 2.15 bits per heavy atom. The first-order chi connectivity index (χ1) is 9.36. The SMILES string of the molecule is CC(C)(C)C1CCC(C(N)Cc2ccc(I)cc2)CC1. The summed E-state index contributed by atoms with van der Waals surface area (Å²) in [5.74, 6) is 1.59. The van der Waals surface area contributed by atoms with Crippen molar-refractivity contribution in [1.29, 1.82) is 0 Å². The van der Waals surface area contributed by atoms with Crippen molar-refractivity contribution in [1.82, 2.24) is 0 Å². The second-order valence-electron chi connectivity index (χ2n) is 7.47. The quantitative estimate of drug-likeness (QED) is 0.727. The molecule has 1 aromatic rings. The van der Waals surface area contributed by atoms with E-state index in [1.54, 1.807) is 0 Å². The van der Waals surface area contributed by atoms with Crippen LogP contribution < -0.4 is 5.73 Å². The molecule has 0 bridgehead atoms. The Balaban J connectivity index is 1.85. The molecule has 0 spiro atoms. The fourth-order valence-electron chi connectivity index (χ4n) is 3.47. The number of halogens is 1. The van der Waals surface area contributed by atoms with E-state index in [9.17, 15) is 0 Å². The summed E-state index contributed by atoms with van der Waals surface area (Å²) in [5.41, 5.74) is 8.32. The highest BCUT2D eigenvalue weighted by atomic mass is 127. The minimum absolute atomic E-state index is 0.330. The summed E-state index contributed by atoms with van der Waals surface area (Å²) < 4.78 is 1.30. The molecule has 1 saturated carbocycles. The highest BCUT2D eigenvalue weighted by molar-refractivity contribution is 14.1. The minimum atomic E-state index is 0.330. The third kappa shape index (κ3) is 4.45. The molecule has 1 fully saturated rings. The van der Waals surface area contributed by atoms with Gasteiger partial charge in [-0.1, -0.05) is 32.9 Å². The number of benzene rings is 1. The van der Waals surface area contributed by atoms with Crippen LogP contribution >= 0.6 is 22.6 Å². The maximum absolute atomic E-state index is 6.47. The van der Waals surface area contributed by atoms with Crippen LogP contribution in [0.4, 0.5) is 0 Å². The van der Waals surface area contributed by atoms with Gasteiger partial charge in [-0.25, -0.2) is 0 Å². The van der Waals surface area contributed by atoms with Crippen LogP contribution in [0.5, 0.6) is 0 Å². The van der Waals surface area contributed by atoms with Crippen LogP contribution in [0.25, 0.3) is 0 Å². The molecule has 1 unspecified atom stereocenters. The third-order valence-electron chi connectivity index (χ3n) is 4.99. The van der Waals surface area contributed by atoms with E-state index >= 15 is 0 Å². The van der Waals surface area contributed by atoms with Gasteiger partial charge in [-0.3, -0.25) is 0 Å². The zero-order valence-corrected chi connectivity index (χ0v) is 15.2. The second kappa shape index (κ2) is 6.78. The Morgan fingerprint density at radius 1 is 1.10 bits per heavy atom. The highest BCUT2D eigenvalue weighted by Crippen LogP contribution is 2.40. The number of hydrogen-bond acceptors (Lipinski definition) is 1. The van der Waals surface area contributed by atoms with Crippen molar-refractivity contribution in [2.24, 2.45) is 23.0 Å². The zero-order chi connectivity index (χ0) is 14.8. The lowest BCUT2D eigenvalue weighted by Gasteiger charge is -2.38. The Labute approximate surface area is 137 Å². The van der Waals surface area contributed by atoms with Gasteiger partial charge in [-0.05, 0) is 89.6 Å². The molecule has 2 N–H and O–H groups in total. The van der Waals surface area contributed by atoms with Crippen molar-refractivity contribution < 1.29 is 0 Å². The average Bonchev–Trinajstić information content (AvgIpc) is 2.40. The standard InChI is InChI=1S/C18H28IN/c1-18(2,3)15-8-6-14(7-9-15)17(20)12-13-4-10-16(19)11-5-13/h4-5,10-11,14-15,17H,6-9,12,20H2,1-3H3. The van der Waals surface area contributed by atoms with Gasteiger partial charge in [-0.15, -0.1) is 0 Å². The lowest BCUT2D eigenvalue weighted by atomic mass is 9.68. The van der Waals surface area contributed by atoms with Crippen molar-refractivity contribution in [2.45, 2.75) is 58.9 Å². The molecule has 20 heavy (non-hydrogen) atoms. The summed E-state index contributed by atoms with van der Waals surface area (Å²) in [6.45, 7) is 7.14. The molecule has 0 aliphatic heterocycles. The van der Waals surface area contributed by atoms with Crippen LogP contribution in [0.15, 0.2) is 24.3 Å². The van der Waals surface area contributed by atoms with Crippen LogP contribution in [0.3, 0.4) is 0 Å². The average molecular weight is 385 g/mol. The Bertz CT molecular complexity index is 410. The smallest absolute Gasteiger partial charge is 0.0130 e. The van der Waals surface area contributed by atoms with Gasteiger partial charge < -0.3 is 5.73 Å². The molecule has 2 rings (SSSR count). The Hall–Kier alpha value is -0.0900. The van der Waals surface area contributed by atoms with E-state index in [4.69, 9.17) is 5.73 Å². The van der Waals surface area contributed by atoms with E-state index in [2.05, 4.69) is 67.6 Å². The fourth-order valence-corrected chi connectivity index (χ4v) is 3.83. The first-order valence-electron chi connectivity index (χ1n) is 7.86. The van der Waals surface area contributed by atoms with Crippen molar-refractivity contribution >= 4 is 22.6 Å². The molecule has 112 valence electrons. The Morgan fingerprint density at radius 2 is 1.65 bits per heavy atom. The van der Waals surface area contributed by atoms with E-state index in [1.807, 2.05) is 0 Å². The fraction of sp³-hybridized carbons (Fsp3) is 0.667. The summed E-state index contributed by atoms with van der Waals surface area (Å²) in [7, 11) is 0. The third-order valence-corrected chi connectivity index (χ3v) is 5.71. The molecular formula is C18H28IN. The molecule has 0 saturated heterocycles. The minimum Gasteiger partial charge on any atom is -0.327 e. The number of rotatable bonds is 3. The van der Waals surface area contributed by atoms with Gasteiger partial charge in [0.1, 0.15) is 0 Å². The molecule has 1 aliphatic rings. The predicted octanol–water partition coefficient (Wildman–Crippen LogP) is 5.01. The molecule has 0 aromatic heterocycles. The topological polar surface area (TPSA) is 26.0 Å². The molecule has 0 radical (unpaired) electrons. The van der Waals surface area contributed by atoms with Crippen LogP contribution in [0, 0.1) is 20.8 Å². The highest BCUT2D eigenvalue weighted by Gasteiger charge is 2.31. The van der Waals surface area contributed by atoms with Gasteiger partial charge in [-0.2, -0.15) is 0 Å². The van der Waals surface area contributed by atoms with E-state index in [0.29, 0.717) is 17.4 Å². The van der Waals surface area contributed by atoms with Gasteiger partial charge in [0, 0.05) is 9.61 Å². The lowest BCUT2D eigenvalue weighted by Crippen LogP contribution is -2.36.